The van der Waals surface area contributed by atoms with Crippen molar-refractivity contribution in [1.29, 1.82) is 0 Å². The fourth-order valence-corrected chi connectivity index (χ4v) is 4.03. The zero-order chi connectivity index (χ0) is 23.9. The lowest BCUT2D eigenvalue weighted by atomic mass is 10.1. The Balaban J connectivity index is 1.32. The van der Waals surface area contributed by atoms with Gasteiger partial charge < -0.3 is 14.0 Å². The molecule has 0 aliphatic carbocycles. The number of benzene rings is 3. The molecular weight excluding hydrogens is 426 g/mol. The first-order valence-corrected chi connectivity index (χ1v) is 11.3. The molecule has 0 unspecified atom stereocenters. The van der Waals surface area contributed by atoms with E-state index in [4.69, 9.17) is 9.47 Å². The molecule has 6 heteroatoms. The Hall–Kier alpha value is -4.06. The number of aryl methyl sites for hydroxylation is 3. The van der Waals surface area contributed by atoms with Crippen molar-refractivity contribution in [2.45, 2.75) is 33.4 Å². The summed E-state index contributed by atoms with van der Waals surface area (Å²) in [6.07, 6.45) is 4.03. The van der Waals surface area contributed by atoms with Gasteiger partial charge in [-0.05, 0) is 60.4 Å². The summed E-state index contributed by atoms with van der Waals surface area (Å²) in [4.78, 5) is 12.3. The topological polar surface area (TPSA) is 64.8 Å². The number of carbonyl (C=O) groups is 1. The third-order valence-corrected chi connectivity index (χ3v) is 5.71. The van der Waals surface area contributed by atoms with Crippen LogP contribution in [0.1, 0.15) is 28.7 Å². The molecule has 0 fully saturated rings. The van der Waals surface area contributed by atoms with Gasteiger partial charge in [-0.3, -0.25) is 4.79 Å². The van der Waals surface area contributed by atoms with Crippen LogP contribution in [-0.2, 0) is 17.9 Å². The molecule has 34 heavy (non-hydrogen) atoms. The summed E-state index contributed by atoms with van der Waals surface area (Å²) in [5, 5.41) is 5.36. The lowest BCUT2D eigenvalue weighted by molar-refractivity contribution is -0.121. The predicted molar refractivity (Wildman–Crippen MR) is 136 cm³/mol. The average Bonchev–Trinajstić information content (AvgIpc) is 3.19. The van der Waals surface area contributed by atoms with Gasteiger partial charge in [-0.15, -0.1) is 0 Å². The van der Waals surface area contributed by atoms with Crippen LogP contribution < -0.4 is 14.9 Å². The van der Waals surface area contributed by atoms with E-state index in [2.05, 4.69) is 47.3 Å². The highest BCUT2D eigenvalue weighted by molar-refractivity contribution is 5.87. The second kappa shape index (κ2) is 10.7. The fraction of sp³-hybridized carbons (Fsp3) is 0.214. The Bertz CT molecular complexity index is 1310. The van der Waals surface area contributed by atoms with E-state index in [1.165, 1.54) is 16.5 Å². The van der Waals surface area contributed by atoms with Crippen molar-refractivity contribution in [2.24, 2.45) is 5.10 Å². The van der Waals surface area contributed by atoms with Crippen LogP contribution in [-0.4, -0.2) is 23.8 Å². The largest absolute Gasteiger partial charge is 0.493 e. The van der Waals surface area contributed by atoms with Crippen LogP contribution in [0.25, 0.3) is 10.9 Å². The minimum atomic E-state index is -0.141. The van der Waals surface area contributed by atoms with E-state index < -0.39 is 0 Å². The number of hydrazone groups is 1. The minimum absolute atomic E-state index is 0.141. The van der Waals surface area contributed by atoms with E-state index in [1.807, 2.05) is 54.6 Å². The third-order valence-electron chi connectivity index (χ3n) is 5.71. The molecule has 1 heterocycles. The van der Waals surface area contributed by atoms with E-state index in [0.717, 1.165) is 16.6 Å². The number of aromatic nitrogens is 1. The molecule has 4 aromatic rings. The molecule has 1 N–H and O–H groups in total. The van der Waals surface area contributed by atoms with Gasteiger partial charge in [0.1, 0.15) is 6.61 Å². The number of nitrogens with zero attached hydrogens (tertiary/aromatic N) is 2. The van der Waals surface area contributed by atoms with Crippen LogP contribution >= 0.6 is 0 Å². The second-order valence-electron chi connectivity index (χ2n) is 8.20. The molecule has 0 aliphatic heterocycles. The summed E-state index contributed by atoms with van der Waals surface area (Å²) in [7, 11) is 1.60. The molecule has 0 spiro atoms. The standard InChI is InChI=1S/C28H29N3O3/c1-20-8-7-11-24-28(20)21(2)18-31(24)15-14-27(32)30-29-17-23-12-13-25(26(16-23)33-3)34-19-22-9-5-4-6-10-22/h4-13,16-18H,14-15,19H2,1-3H3,(H,30,32). The molecule has 174 valence electrons. The van der Waals surface area contributed by atoms with Crippen LogP contribution in [0.4, 0.5) is 0 Å². The van der Waals surface area contributed by atoms with E-state index in [0.29, 0.717) is 31.1 Å². The number of nitrogens with one attached hydrogen (secondary N) is 1. The van der Waals surface area contributed by atoms with E-state index in [-0.39, 0.29) is 5.91 Å². The summed E-state index contributed by atoms with van der Waals surface area (Å²) in [6.45, 7) is 5.26. The second-order valence-corrected chi connectivity index (χ2v) is 8.20. The number of hydrogen-bond donors (Lipinski definition) is 1. The summed E-state index contributed by atoms with van der Waals surface area (Å²) in [6, 6.07) is 21.7. The zero-order valence-electron chi connectivity index (χ0n) is 19.7. The summed E-state index contributed by atoms with van der Waals surface area (Å²) < 4.78 is 13.5. The van der Waals surface area contributed by atoms with Crippen LogP contribution in [0.3, 0.4) is 0 Å². The Morgan fingerprint density at radius 1 is 1.00 bits per heavy atom. The molecule has 0 saturated heterocycles. The first-order valence-electron chi connectivity index (χ1n) is 11.3. The SMILES string of the molecule is COc1cc(C=NNC(=O)CCn2cc(C)c3c(C)cccc32)ccc1OCc1ccccc1. The van der Waals surface area contributed by atoms with Crippen molar-refractivity contribution in [3.05, 3.63) is 95.2 Å². The predicted octanol–water partition coefficient (Wildman–Crippen LogP) is 5.39. The summed E-state index contributed by atoms with van der Waals surface area (Å²) in [5.74, 6) is 1.12. The van der Waals surface area contributed by atoms with Crippen LogP contribution in [0.15, 0.2) is 78.0 Å². The smallest absolute Gasteiger partial charge is 0.241 e. The lowest BCUT2D eigenvalue weighted by Crippen LogP contribution is -2.19. The molecule has 1 aromatic heterocycles. The van der Waals surface area contributed by atoms with Crippen molar-refractivity contribution in [2.75, 3.05) is 7.11 Å². The van der Waals surface area contributed by atoms with Gasteiger partial charge in [-0.25, -0.2) is 5.43 Å². The third kappa shape index (κ3) is 5.46. The Morgan fingerprint density at radius 3 is 2.62 bits per heavy atom. The summed E-state index contributed by atoms with van der Waals surface area (Å²) >= 11 is 0. The van der Waals surface area contributed by atoms with E-state index in [9.17, 15) is 4.79 Å². The lowest BCUT2D eigenvalue weighted by Gasteiger charge is -2.11. The average molecular weight is 456 g/mol. The van der Waals surface area contributed by atoms with Crippen LogP contribution in [0, 0.1) is 13.8 Å². The first kappa shape index (κ1) is 23.1. The molecule has 0 radical (unpaired) electrons. The number of hydrogen-bond acceptors (Lipinski definition) is 4. The monoisotopic (exact) mass is 455 g/mol. The van der Waals surface area contributed by atoms with Gasteiger partial charge in [-0.2, -0.15) is 5.10 Å². The summed E-state index contributed by atoms with van der Waals surface area (Å²) in [5.41, 5.74) is 8.10. The fourth-order valence-electron chi connectivity index (χ4n) is 4.03. The molecule has 4 rings (SSSR count). The number of carbonyl (C=O) groups excluding carboxylic acids is 1. The van der Waals surface area contributed by atoms with Gasteiger partial charge in [0.25, 0.3) is 0 Å². The highest BCUT2D eigenvalue weighted by Crippen LogP contribution is 2.28. The van der Waals surface area contributed by atoms with Gasteiger partial charge >= 0.3 is 0 Å². The number of fused-ring (bicyclic) bond motifs is 1. The first-order chi connectivity index (χ1) is 16.5. The van der Waals surface area contributed by atoms with E-state index >= 15 is 0 Å². The van der Waals surface area contributed by atoms with Gasteiger partial charge in [0, 0.05) is 30.1 Å². The number of rotatable bonds is 9. The Kier molecular flexibility index (Phi) is 7.28. The number of ether oxygens (including phenoxy) is 2. The van der Waals surface area contributed by atoms with Gasteiger partial charge in [0.15, 0.2) is 11.5 Å². The quantitative estimate of drug-likeness (QED) is 0.272. The molecule has 0 aliphatic rings. The molecular formula is C28H29N3O3. The van der Waals surface area contributed by atoms with Crippen LogP contribution in [0.2, 0.25) is 0 Å². The van der Waals surface area contributed by atoms with Crippen molar-refractivity contribution < 1.29 is 14.3 Å². The Labute approximate surface area is 199 Å². The van der Waals surface area contributed by atoms with Gasteiger partial charge in [-0.1, -0.05) is 42.5 Å². The maximum atomic E-state index is 12.3. The molecule has 3 aromatic carbocycles. The Morgan fingerprint density at radius 2 is 1.82 bits per heavy atom. The minimum Gasteiger partial charge on any atom is -0.493 e. The van der Waals surface area contributed by atoms with Crippen molar-refractivity contribution >= 4 is 23.0 Å². The molecule has 1 amide bonds. The van der Waals surface area contributed by atoms with Crippen LogP contribution in [0.5, 0.6) is 11.5 Å². The zero-order valence-corrected chi connectivity index (χ0v) is 19.7. The van der Waals surface area contributed by atoms with Crippen molar-refractivity contribution in [1.82, 2.24) is 9.99 Å². The maximum absolute atomic E-state index is 12.3. The molecule has 0 atom stereocenters. The van der Waals surface area contributed by atoms with Crippen molar-refractivity contribution in [3.63, 3.8) is 0 Å². The number of amides is 1. The highest BCUT2D eigenvalue weighted by Gasteiger charge is 2.09. The van der Waals surface area contributed by atoms with E-state index in [1.54, 1.807) is 13.3 Å². The maximum Gasteiger partial charge on any atom is 0.241 e. The van der Waals surface area contributed by atoms with Gasteiger partial charge in [0.2, 0.25) is 5.91 Å². The van der Waals surface area contributed by atoms with Crippen molar-refractivity contribution in [3.8, 4) is 11.5 Å². The highest BCUT2D eigenvalue weighted by atomic mass is 16.5. The number of methoxy groups -OCH3 is 1. The van der Waals surface area contributed by atoms with Gasteiger partial charge in [0.05, 0.1) is 13.3 Å². The normalized spacial score (nSPS) is 11.1. The molecule has 6 nitrogen and oxygen atoms in total. The molecule has 0 saturated carbocycles. The molecule has 0 bridgehead atoms.